The van der Waals surface area contributed by atoms with Gasteiger partial charge in [-0.2, -0.15) is 0 Å². The molecule has 0 saturated carbocycles. The molecule has 1 aliphatic rings. The van der Waals surface area contributed by atoms with Gasteiger partial charge in [-0.05, 0) is 42.4 Å². The van der Waals surface area contributed by atoms with Gasteiger partial charge in [0.2, 0.25) is 0 Å². The highest BCUT2D eigenvalue weighted by atomic mass is 16.5. The number of nitrogens with zero attached hydrogens (tertiary/aromatic N) is 2. The van der Waals surface area contributed by atoms with Crippen LogP contribution in [-0.4, -0.2) is 28.0 Å². The zero-order valence-electron chi connectivity index (χ0n) is 16.4. The van der Waals surface area contributed by atoms with Crippen LogP contribution in [-0.2, 0) is 19.6 Å². The summed E-state index contributed by atoms with van der Waals surface area (Å²) in [6, 6.07) is 19.5. The van der Waals surface area contributed by atoms with Crippen molar-refractivity contribution in [3.05, 3.63) is 94.0 Å². The Hall–Kier alpha value is -3.31. The number of rotatable bonds is 4. The first kappa shape index (κ1) is 17.8. The number of fused-ring (bicyclic) bond motifs is 3. The van der Waals surface area contributed by atoms with E-state index in [1.807, 2.05) is 42.5 Å². The molecule has 0 fully saturated rings. The standard InChI is InChI=1S/C24H23N3O2/c1-26-11-10-23-21(15-26)20-13-18(7-8-22(20)25-23)27-12-9-19(14-24(27)28)29-16-17-5-3-2-4-6-17/h2-9,12-14,25H,10-11,15-16H2,1H3. The summed E-state index contributed by atoms with van der Waals surface area (Å²) in [4.78, 5) is 18.6. The lowest BCUT2D eigenvalue weighted by Crippen LogP contribution is -2.26. The van der Waals surface area contributed by atoms with E-state index in [2.05, 4.69) is 29.1 Å². The van der Waals surface area contributed by atoms with Crippen molar-refractivity contribution in [3.63, 3.8) is 0 Å². The summed E-state index contributed by atoms with van der Waals surface area (Å²) in [5.74, 6) is 0.580. The van der Waals surface area contributed by atoms with Crippen molar-refractivity contribution in [3.8, 4) is 11.4 Å². The van der Waals surface area contributed by atoms with Crippen LogP contribution in [0.1, 0.15) is 16.8 Å². The van der Waals surface area contributed by atoms with Crippen LogP contribution >= 0.6 is 0 Å². The molecule has 5 heteroatoms. The van der Waals surface area contributed by atoms with Gasteiger partial charge in [-0.3, -0.25) is 9.36 Å². The van der Waals surface area contributed by atoms with Crippen molar-refractivity contribution in [2.45, 2.75) is 19.6 Å². The molecule has 5 nitrogen and oxygen atoms in total. The van der Waals surface area contributed by atoms with Gasteiger partial charge in [-0.25, -0.2) is 0 Å². The molecule has 3 heterocycles. The predicted molar refractivity (Wildman–Crippen MR) is 115 cm³/mol. The van der Waals surface area contributed by atoms with E-state index in [9.17, 15) is 4.79 Å². The Kier molecular flexibility index (Phi) is 4.45. The van der Waals surface area contributed by atoms with Crippen LogP contribution in [0, 0.1) is 0 Å². The minimum absolute atomic E-state index is 0.101. The molecule has 146 valence electrons. The van der Waals surface area contributed by atoms with Crippen molar-refractivity contribution >= 4 is 10.9 Å². The maximum atomic E-state index is 12.7. The fourth-order valence-corrected chi connectivity index (χ4v) is 3.99. The maximum Gasteiger partial charge on any atom is 0.258 e. The molecule has 0 unspecified atom stereocenters. The Labute approximate surface area is 169 Å². The summed E-state index contributed by atoms with van der Waals surface area (Å²) < 4.78 is 7.45. The lowest BCUT2D eigenvalue weighted by molar-refractivity contribution is 0.305. The third-order valence-corrected chi connectivity index (χ3v) is 5.57. The van der Waals surface area contributed by atoms with Crippen LogP contribution in [0.3, 0.4) is 0 Å². The lowest BCUT2D eigenvalue weighted by Gasteiger charge is -2.22. The quantitative estimate of drug-likeness (QED) is 0.580. The molecule has 1 N–H and O–H groups in total. The van der Waals surface area contributed by atoms with Crippen molar-refractivity contribution in [1.29, 1.82) is 0 Å². The summed E-state index contributed by atoms with van der Waals surface area (Å²) in [5.41, 5.74) is 5.62. The predicted octanol–water partition coefficient (Wildman–Crippen LogP) is 3.89. The Balaban J connectivity index is 1.44. The number of ether oxygens (including phenoxy) is 1. The van der Waals surface area contributed by atoms with Crippen LogP contribution in [0.25, 0.3) is 16.6 Å². The van der Waals surface area contributed by atoms with Gasteiger partial charge in [-0.15, -0.1) is 0 Å². The Morgan fingerprint density at radius 3 is 2.76 bits per heavy atom. The lowest BCUT2D eigenvalue weighted by atomic mass is 10.0. The van der Waals surface area contributed by atoms with Crippen LogP contribution in [0.4, 0.5) is 0 Å². The molecule has 0 bridgehead atoms. The molecule has 5 rings (SSSR count). The molecular formula is C24H23N3O2. The number of hydrogen-bond acceptors (Lipinski definition) is 3. The molecule has 2 aromatic carbocycles. The molecule has 2 aromatic heterocycles. The summed E-state index contributed by atoms with van der Waals surface area (Å²) in [7, 11) is 2.14. The number of aromatic nitrogens is 2. The van der Waals surface area contributed by atoms with E-state index in [0.29, 0.717) is 12.4 Å². The highest BCUT2D eigenvalue weighted by molar-refractivity contribution is 5.86. The minimum Gasteiger partial charge on any atom is -0.489 e. The normalized spacial score (nSPS) is 14.1. The highest BCUT2D eigenvalue weighted by Gasteiger charge is 2.18. The maximum absolute atomic E-state index is 12.7. The van der Waals surface area contributed by atoms with Gasteiger partial charge in [0, 0.05) is 54.1 Å². The van der Waals surface area contributed by atoms with Crippen molar-refractivity contribution in [2.24, 2.45) is 0 Å². The summed E-state index contributed by atoms with van der Waals surface area (Å²) >= 11 is 0. The fraction of sp³-hybridized carbons (Fsp3) is 0.208. The summed E-state index contributed by atoms with van der Waals surface area (Å²) in [6.45, 7) is 2.44. The Morgan fingerprint density at radius 1 is 1.07 bits per heavy atom. The van der Waals surface area contributed by atoms with Crippen LogP contribution < -0.4 is 10.3 Å². The smallest absolute Gasteiger partial charge is 0.258 e. The molecule has 0 atom stereocenters. The first-order valence-corrected chi connectivity index (χ1v) is 9.89. The van der Waals surface area contributed by atoms with Gasteiger partial charge in [-0.1, -0.05) is 30.3 Å². The van der Waals surface area contributed by atoms with E-state index in [-0.39, 0.29) is 5.56 Å². The topological polar surface area (TPSA) is 50.3 Å². The number of H-pyrrole nitrogens is 1. The van der Waals surface area contributed by atoms with E-state index < -0.39 is 0 Å². The SMILES string of the molecule is CN1CCc2[nH]c3ccc(-n4ccc(OCc5ccccc5)cc4=O)cc3c2C1. The first-order chi connectivity index (χ1) is 14.2. The second-order valence-electron chi connectivity index (χ2n) is 7.64. The van der Waals surface area contributed by atoms with Crippen molar-refractivity contribution in [2.75, 3.05) is 13.6 Å². The summed E-state index contributed by atoms with van der Waals surface area (Å²) in [5, 5.41) is 1.19. The van der Waals surface area contributed by atoms with E-state index >= 15 is 0 Å². The van der Waals surface area contributed by atoms with Crippen molar-refractivity contribution in [1.82, 2.24) is 14.5 Å². The third-order valence-electron chi connectivity index (χ3n) is 5.57. The molecular weight excluding hydrogens is 362 g/mol. The largest absolute Gasteiger partial charge is 0.489 e. The molecule has 0 aliphatic carbocycles. The summed E-state index contributed by atoms with van der Waals surface area (Å²) in [6.07, 6.45) is 2.82. The number of likely N-dealkylation sites (N-methyl/N-ethyl adjacent to an activating group) is 1. The average molecular weight is 385 g/mol. The zero-order valence-corrected chi connectivity index (χ0v) is 16.4. The molecule has 1 aliphatic heterocycles. The fourth-order valence-electron chi connectivity index (χ4n) is 3.99. The number of nitrogens with one attached hydrogen (secondary N) is 1. The van der Waals surface area contributed by atoms with E-state index in [1.165, 1.54) is 16.6 Å². The molecule has 0 amide bonds. The van der Waals surface area contributed by atoms with E-state index in [0.717, 1.165) is 36.3 Å². The van der Waals surface area contributed by atoms with Gasteiger partial charge in [0.15, 0.2) is 0 Å². The number of aromatic amines is 1. The van der Waals surface area contributed by atoms with Crippen molar-refractivity contribution < 1.29 is 4.74 Å². The van der Waals surface area contributed by atoms with Gasteiger partial charge in [0.1, 0.15) is 12.4 Å². The van der Waals surface area contributed by atoms with Crippen LogP contribution in [0.5, 0.6) is 5.75 Å². The second kappa shape index (κ2) is 7.26. The second-order valence-corrected chi connectivity index (χ2v) is 7.64. The molecule has 0 saturated heterocycles. The number of pyridine rings is 1. The molecule has 29 heavy (non-hydrogen) atoms. The minimum atomic E-state index is -0.101. The van der Waals surface area contributed by atoms with Crippen LogP contribution in [0.2, 0.25) is 0 Å². The molecule has 4 aromatic rings. The molecule has 0 radical (unpaired) electrons. The molecule has 0 spiro atoms. The van der Waals surface area contributed by atoms with Gasteiger partial charge >= 0.3 is 0 Å². The van der Waals surface area contributed by atoms with Gasteiger partial charge < -0.3 is 14.6 Å². The van der Waals surface area contributed by atoms with Crippen LogP contribution in [0.15, 0.2) is 71.7 Å². The number of benzene rings is 2. The van der Waals surface area contributed by atoms with Gasteiger partial charge in [0.25, 0.3) is 5.56 Å². The Morgan fingerprint density at radius 2 is 1.93 bits per heavy atom. The van der Waals surface area contributed by atoms with E-state index in [1.54, 1.807) is 16.8 Å². The zero-order chi connectivity index (χ0) is 19.8. The van der Waals surface area contributed by atoms with E-state index in [4.69, 9.17) is 4.74 Å². The monoisotopic (exact) mass is 385 g/mol. The number of hydrogen-bond donors (Lipinski definition) is 1. The average Bonchev–Trinajstić information content (AvgIpc) is 3.10. The Bertz CT molecular complexity index is 1220. The first-order valence-electron chi connectivity index (χ1n) is 9.89. The third kappa shape index (κ3) is 3.45. The highest BCUT2D eigenvalue weighted by Crippen LogP contribution is 2.28. The van der Waals surface area contributed by atoms with Gasteiger partial charge in [0.05, 0.1) is 0 Å².